The van der Waals surface area contributed by atoms with Crippen molar-refractivity contribution in [3.05, 3.63) is 194 Å². The summed E-state index contributed by atoms with van der Waals surface area (Å²) in [6.45, 7) is 0. The number of furan rings is 1. The molecule has 56 heavy (non-hydrogen) atoms. The fourth-order valence-corrected chi connectivity index (χ4v) is 7.95. The highest BCUT2D eigenvalue weighted by Crippen LogP contribution is 2.42. The van der Waals surface area contributed by atoms with Gasteiger partial charge in [0.1, 0.15) is 11.2 Å². The summed E-state index contributed by atoms with van der Waals surface area (Å²) < 4.78 is 9.06. The Labute approximate surface area is 322 Å². The summed E-state index contributed by atoms with van der Waals surface area (Å²) in [5, 5.41) is 4.49. The molecule has 0 radical (unpaired) electrons. The molecule has 0 spiro atoms. The van der Waals surface area contributed by atoms with Crippen molar-refractivity contribution in [2.75, 3.05) is 0 Å². The van der Waals surface area contributed by atoms with E-state index in [1.54, 1.807) is 0 Å². The van der Waals surface area contributed by atoms with Crippen molar-refractivity contribution in [2.24, 2.45) is 0 Å². The van der Waals surface area contributed by atoms with Crippen LogP contribution in [0.5, 0.6) is 0 Å². The number of benzene rings is 8. The molecule has 0 amide bonds. The Morgan fingerprint density at radius 3 is 1.45 bits per heavy atom. The molecule has 11 rings (SSSR count). The topological polar surface area (TPSA) is 56.7 Å². The highest BCUT2D eigenvalue weighted by Gasteiger charge is 2.20. The standard InChI is InChI=1S/C51H32N4O/c1-4-12-33(13-5-1)35-20-22-38(23-21-35)50-52-49(37-16-8-3-9-17-37)53-51(54-50)39-26-29-43-46(32-39)56-45-31-30-42-41-18-10-11-19-44(41)55(48(42)47(43)45)40-27-24-36(25-28-40)34-14-6-2-7-15-34/h1-32H. The summed E-state index contributed by atoms with van der Waals surface area (Å²) in [5.74, 6) is 1.82. The molecule has 0 aliphatic rings. The predicted octanol–water partition coefficient (Wildman–Crippen LogP) is 13.2. The minimum Gasteiger partial charge on any atom is -0.456 e. The summed E-state index contributed by atoms with van der Waals surface area (Å²) in [4.78, 5) is 15.0. The molecule has 0 atom stereocenters. The van der Waals surface area contributed by atoms with E-state index in [1.807, 2.05) is 36.4 Å². The summed E-state index contributed by atoms with van der Waals surface area (Å²) in [7, 11) is 0. The monoisotopic (exact) mass is 716 g/mol. The van der Waals surface area contributed by atoms with Crippen LogP contribution in [0, 0.1) is 0 Å². The first kappa shape index (κ1) is 31.9. The SMILES string of the molecule is c1ccc(-c2ccc(-c3nc(-c4ccccc4)nc(-c4ccc5c(c4)oc4ccc6c7ccccc7n(-c7ccc(-c8ccccc8)cc7)c6c45)n3)cc2)cc1. The van der Waals surface area contributed by atoms with Crippen LogP contribution >= 0.6 is 0 Å². The molecule has 5 nitrogen and oxygen atoms in total. The van der Waals surface area contributed by atoms with Crippen molar-refractivity contribution in [3.63, 3.8) is 0 Å². The van der Waals surface area contributed by atoms with Crippen LogP contribution in [0.25, 0.3) is 106 Å². The van der Waals surface area contributed by atoms with Crippen molar-refractivity contribution in [3.8, 4) is 62.1 Å². The fourth-order valence-electron chi connectivity index (χ4n) is 7.95. The lowest BCUT2D eigenvalue weighted by Crippen LogP contribution is -2.00. The van der Waals surface area contributed by atoms with Gasteiger partial charge >= 0.3 is 0 Å². The second-order valence-electron chi connectivity index (χ2n) is 14.0. The molecule has 0 saturated carbocycles. The van der Waals surface area contributed by atoms with E-state index in [-0.39, 0.29) is 0 Å². The van der Waals surface area contributed by atoms with E-state index in [1.165, 1.54) is 21.9 Å². The van der Waals surface area contributed by atoms with Crippen LogP contribution in [0.2, 0.25) is 0 Å². The first-order valence-electron chi connectivity index (χ1n) is 18.8. The van der Waals surface area contributed by atoms with Gasteiger partial charge in [0.05, 0.1) is 16.4 Å². The Morgan fingerprint density at radius 2 is 0.804 bits per heavy atom. The minimum absolute atomic E-state index is 0.584. The van der Waals surface area contributed by atoms with Gasteiger partial charge in [-0.15, -0.1) is 0 Å². The van der Waals surface area contributed by atoms with Crippen LogP contribution in [0.15, 0.2) is 199 Å². The fraction of sp³-hybridized carbons (Fsp3) is 0. The summed E-state index contributed by atoms with van der Waals surface area (Å²) in [6, 6.07) is 67.4. The maximum Gasteiger partial charge on any atom is 0.164 e. The van der Waals surface area contributed by atoms with Gasteiger partial charge in [0, 0.05) is 38.5 Å². The Bertz CT molecular complexity index is 3200. The lowest BCUT2D eigenvalue weighted by Gasteiger charge is -2.10. The lowest BCUT2D eigenvalue weighted by molar-refractivity contribution is 0.669. The highest BCUT2D eigenvalue weighted by atomic mass is 16.3. The van der Waals surface area contributed by atoms with Crippen LogP contribution in [-0.2, 0) is 0 Å². The molecule has 0 fully saturated rings. The van der Waals surface area contributed by atoms with E-state index >= 15 is 0 Å². The molecule has 5 heteroatoms. The molecular weight excluding hydrogens is 685 g/mol. The Kier molecular flexibility index (Phi) is 7.42. The van der Waals surface area contributed by atoms with Gasteiger partial charge in [0.2, 0.25) is 0 Å². The van der Waals surface area contributed by atoms with Crippen molar-refractivity contribution in [1.82, 2.24) is 19.5 Å². The third-order valence-corrected chi connectivity index (χ3v) is 10.7. The van der Waals surface area contributed by atoms with E-state index in [4.69, 9.17) is 19.4 Å². The van der Waals surface area contributed by atoms with Crippen LogP contribution < -0.4 is 0 Å². The van der Waals surface area contributed by atoms with Crippen LogP contribution in [0.4, 0.5) is 0 Å². The van der Waals surface area contributed by atoms with Crippen molar-refractivity contribution in [1.29, 1.82) is 0 Å². The number of nitrogens with zero attached hydrogens (tertiary/aromatic N) is 4. The zero-order valence-electron chi connectivity index (χ0n) is 30.2. The Balaban J connectivity index is 1.06. The summed E-state index contributed by atoms with van der Waals surface area (Å²) in [6.07, 6.45) is 0. The zero-order chi connectivity index (χ0) is 37.0. The molecule has 0 saturated heterocycles. The maximum atomic E-state index is 6.69. The number of fused-ring (bicyclic) bond motifs is 7. The highest BCUT2D eigenvalue weighted by molar-refractivity contribution is 6.24. The Hall–Kier alpha value is -7.63. The van der Waals surface area contributed by atoms with Gasteiger partial charge in [-0.1, -0.05) is 152 Å². The molecule has 0 aliphatic heterocycles. The normalized spacial score (nSPS) is 11.6. The quantitative estimate of drug-likeness (QED) is 0.172. The van der Waals surface area contributed by atoms with Gasteiger partial charge in [0.25, 0.3) is 0 Å². The summed E-state index contributed by atoms with van der Waals surface area (Å²) >= 11 is 0. The van der Waals surface area contributed by atoms with Gasteiger partial charge in [-0.25, -0.2) is 15.0 Å². The number of rotatable bonds is 6. The molecule has 3 aromatic heterocycles. The minimum atomic E-state index is 0.584. The largest absolute Gasteiger partial charge is 0.456 e. The second kappa shape index (κ2) is 13.0. The van der Waals surface area contributed by atoms with E-state index in [0.29, 0.717) is 17.5 Å². The van der Waals surface area contributed by atoms with Gasteiger partial charge < -0.3 is 8.98 Å². The molecule has 8 aromatic carbocycles. The van der Waals surface area contributed by atoms with Gasteiger partial charge in [0.15, 0.2) is 17.5 Å². The van der Waals surface area contributed by atoms with Crippen LogP contribution in [0.1, 0.15) is 0 Å². The molecular formula is C51H32N4O. The molecule has 262 valence electrons. The first-order chi connectivity index (χ1) is 27.7. The van der Waals surface area contributed by atoms with E-state index in [0.717, 1.165) is 66.5 Å². The maximum absolute atomic E-state index is 6.69. The van der Waals surface area contributed by atoms with Gasteiger partial charge in [-0.05, 0) is 64.7 Å². The predicted molar refractivity (Wildman–Crippen MR) is 229 cm³/mol. The number of hydrogen-bond acceptors (Lipinski definition) is 4. The molecule has 3 heterocycles. The number of hydrogen-bond donors (Lipinski definition) is 0. The third-order valence-electron chi connectivity index (χ3n) is 10.7. The lowest BCUT2D eigenvalue weighted by atomic mass is 10.0. The molecule has 0 bridgehead atoms. The third kappa shape index (κ3) is 5.37. The van der Waals surface area contributed by atoms with Gasteiger partial charge in [-0.2, -0.15) is 0 Å². The van der Waals surface area contributed by atoms with Crippen molar-refractivity contribution in [2.45, 2.75) is 0 Å². The molecule has 0 aliphatic carbocycles. The molecule has 11 aromatic rings. The first-order valence-corrected chi connectivity index (χ1v) is 18.8. The summed E-state index contributed by atoms with van der Waals surface area (Å²) in [5.41, 5.74) is 12.3. The number of aromatic nitrogens is 4. The van der Waals surface area contributed by atoms with E-state index in [2.05, 4.69) is 162 Å². The average molecular weight is 717 g/mol. The van der Waals surface area contributed by atoms with Gasteiger partial charge in [-0.3, -0.25) is 0 Å². The Morgan fingerprint density at radius 1 is 0.339 bits per heavy atom. The van der Waals surface area contributed by atoms with Crippen molar-refractivity contribution < 1.29 is 4.42 Å². The van der Waals surface area contributed by atoms with E-state index in [9.17, 15) is 0 Å². The molecule has 0 N–H and O–H groups in total. The van der Waals surface area contributed by atoms with E-state index < -0.39 is 0 Å². The smallest absolute Gasteiger partial charge is 0.164 e. The molecule has 0 unspecified atom stereocenters. The van der Waals surface area contributed by atoms with Crippen molar-refractivity contribution >= 4 is 43.7 Å². The number of para-hydroxylation sites is 1. The second-order valence-corrected chi connectivity index (χ2v) is 14.0. The zero-order valence-corrected chi connectivity index (χ0v) is 30.2. The van der Waals surface area contributed by atoms with Crippen LogP contribution in [0.3, 0.4) is 0 Å². The van der Waals surface area contributed by atoms with Crippen LogP contribution in [-0.4, -0.2) is 19.5 Å². The average Bonchev–Trinajstić information content (AvgIpc) is 3.83.